The van der Waals surface area contributed by atoms with E-state index >= 15 is 0 Å². The lowest BCUT2D eigenvalue weighted by atomic mass is 10.1. The van der Waals surface area contributed by atoms with Crippen molar-refractivity contribution in [3.63, 3.8) is 0 Å². The van der Waals surface area contributed by atoms with Crippen molar-refractivity contribution in [3.8, 4) is 0 Å². The van der Waals surface area contributed by atoms with E-state index in [1.165, 1.54) is 5.39 Å². The lowest BCUT2D eigenvalue weighted by molar-refractivity contribution is 0.523. The van der Waals surface area contributed by atoms with Gasteiger partial charge < -0.3 is 5.32 Å². The summed E-state index contributed by atoms with van der Waals surface area (Å²) in [5, 5.41) is 9.19. The SMILES string of the molecule is CCNC(Cc1ccc2ccccc2n1)c1ccn(C)n1. The Balaban J connectivity index is 1.86. The molecule has 0 aliphatic heterocycles. The largest absolute Gasteiger partial charge is 0.309 e. The van der Waals surface area contributed by atoms with Gasteiger partial charge in [0.15, 0.2) is 0 Å². The summed E-state index contributed by atoms with van der Waals surface area (Å²) in [4.78, 5) is 4.75. The predicted molar refractivity (Wildman–Crippen MR) is 85.1 cm³/mol. The van der Waals surface area contributed by atoms with Gasteiger partial charge in [-0.3, -0.25) is 9.67 Å². The predicted octanol–water partition coefficient (Wildman–Crippen LogP) is 2.86. The van der Waals surface area contributed by atoms with E-state index in [4.69, 9.17) is 4.98 Å². The zero-order chi connectivity index (χ0) is 14.7. The van der Waals surface area contributed by atoms with Gasteiger partial charge in [0.1, 0.15) is 0 Å². The maximum absolute atomic E-state index is 4.75. The molecule has 4 heteroatoms. The van der Waals surface area contributed by atoms with Crippen LogP contribution in [0, 0.1) is 0 Å². The molecule has 1 aromatic carbocycles. The summed E-state index contributed by atoms with van der Waals surface area (Å²) in [6, 6.07) is 14.7. The van der Waals surface area contributed by atoms with Crippen molar-refractivity contribution in [2.45, 2.75) is 19.4 Å². The molecular weight excluding hydrogens is 260 g/mol. The highest BCUT2D eigenvalue weighted by Gasteiger charge is 2.14. The van der Waals surface area contributed by atoms with Gasteiger partial charge in [-0.15, -0.1) is 0 Å². The number of likely N-dealkylation sites (N-methyl/N-ethyl adjacent to an activating group) is 1. The minimum Gasteiger partial charge on any atom is -0.309 e. The van der Waals surface area contributed by atoms with Crippen LogP contribution in [0.1, 0.15) is 24.4 Å². The zero-order valence-corrected chi connectivity index (χ0v) is 12.5. The van der Waals surface area contributed by atoms with Crippen LogP contribution in [0.2, 0.25) is 0 Å². The minimum atomic E-state index is 0.199. The quantitative estimate of drug-likeness (QED) is 0.781. The number of nitrogens with one attached hydrogen (secondary N) is 1. The summed E-state index contributed by atoms with van der Waals surface area (Å²) in [6.07, 6.45) is 2.82. The number of para-hydroxylation sites is 1. The summed E-state index contributed by atoms with van der Waals surface area (Å²) in [6.45, 7) is 3.03. The van der Waals surface area contributed by atoms with E-state index in [1.807, 2.05) is 30.1 Å². The van der Waals surface area contributed by atoms with Crippen LogP contribution in [0.15, 0.2) is 48.7 Å². The van der Waals surface area contributed by atoms with Gasteiger partial charge in [0, 0.05) is 30.7 Å². The topological polar surface area (TPSA) is 42.7 Å². The summed E-state index contributed by atoms with van der Waals surface area (Å²) >= 11 is 0. The Hall–Kier alpha value is -2.20. The lowest BCUT2D eigenvalue weighted by Crippen LogP contribution is -2.24. The van der Waals surface area contributed by atoms with E-state index in [0.29, 0.717) is 0 Å². The van der Waals surface area contributed by atoms with Crippen LogP contribution in [0.25, 0.3) is 10.9 Å². The highest BCUT2D eigenvalue weighted by molar-refractivity contribution is 5.78. The van der Waals surface area contributed by atoms with Crippen molar-refractivity contribution in [3.05, 3.63) is 60.0 Å². The van der Waals surface area contributed by atoms with Gasteiger partial charge in [-0.2, -0.15) is 5.10 Å². The van der Waals surface area contributed by atoms with E-state index in [1.54, 1.807) is 0 Å². The van der Waals surface area contributed by atoms with E-state index in [9.17, 15) is 0 Å². The standard InChI is InChI=1S/C17H20N4/c1-3-18-17(16-10-11-21(2)20-16)12-14-9-8-13-6-4-5-7-15(13)19-14/h4-11,17-18H,3,12H2,1-2H3. The van der Waals surface area contributed by atoms with Gasteiger partial charge >= 0.3 is 0 Å². The smallest absolute Gasteiger partial charge is 0.0797 e. The van der Waals surface area contributed by atoms with Crippen molar-refractivity contribution < 1.29 is 0 Å². The Morgan fingerprint density at radius 3 is 2.76 bits per heavy atom. The van der Waals surface area contributed by atoms with E-state index in [2.05, 4.69) is 47.7 Å². The molecule has 1 atom stereocenters. The van der Waals surface area contributed by atoms with Crippen molar-refractivity contribution in [2.24, 2.45) is 7.05 Å². The summed E-state index contributed by atoms with van der Waals surface area (Å²) in [5.41, 5.74) is 3.20. The molecule has 1 unspecified atom stereocenters. The minimum absolute atomic E-state index is 0.199. The molecule has 2 aromatic heterocycles. The Labute approximate surface area is 124 Å². The first-order chi connectivity index (χ1) is 10.3. The first kappa shape index (κ1) is 13.8. The number of hydrogen-bond donors (Lipinski definition) is 1. The molecule has 1 N–H and O–H groups in total. The molecule has 0 saturated heterocycles. The van der Waals surface area contributed by atoms with Gasteiger partial charge in [-0.05, 0) is 24.7 Å². The summed E-state index contributed by atoms with van der Waals surface area (Å²) < 4.78 is 1.84. The molecule has 0 aliphatic carbocycles. The molecule has 108 valence electrons. The Morgan fingerprint density at radius 2 is 2.00 bits per heavy atom. The number of pyridine rings is 1. The lowest BCUT2D eigenvalue weighted by Gasteiger charge is -2.15. The Kier molecular flexibility index (Phi) is 3.97. The fourth-order valence-electron chi connectivity index (χ4n) is 2.58. The molecule has 0 bridgehead atoms. The van der Waals surface area contributed by atoms with E-state index in [-0.39, 0.29) is 6.04 Å². The van der Waals surface area contributed by atoms with Crippen LogP contribution in [-0.2, 0) is 13.5 Å². The third-order valence-electron chi connectivity index (χ3n) is 3.61. The Bertz CT molecular complexity index is 732. The van der Waals surface area contributed by atoms with E-state index in [0.717, 1.165) is 29.9 Å². The number of fused-ring (bicyclic) bond motifs is 1. The zero-order valence-electron chi connectivity index (χ0n) is 12.5. The number of hydrogen-bond acceptors (Lipinski definition) is 3. The molecule has 0 radical (unpaired) electrons. The Morgan fingerprint density at radius 1 is 1.14 bits per heavy atom. The van der Waals surface area contributed by atoms with Gasteiger partial charge in [-0.25, -0.2) is 0 Å². The first-order valence-corrected chi connectivity index (χ1v) is 7.34. The second-order valence-electron chi connectivity index (χ2n) is 5.22. The first-order valence-electron chi connectivity index (χ1n) is 7.34. The van der Waals surface area contributed by atoms with Crippen LogP contribution in [0.4, 0.5) is 0 Å². The van der Waals surface area contributed by atoms with Gasteiger partial charge in [-0.1, -0.05) is 31.2 Å². The second-order valence-corrected chi connectivity index (χ2v) is 5.22. The number of nitrogens with zero attached hydrogens (tertiary/aromatic N) is 3. The summed E-state index contributed by atoms with van der Waals surface area (Å²) in [5.74, 6) is 0. The molecule has 2 heterocycles. The normalized spacial score (nSPS) is 12.7. The fourth-order valence-corrected chi connectivity index (χ4v) is 2.58. The maximum atomic E-state index is 4.75. The third-order valence-corrected chi connectivity index (χ3v) is 3.61. The maximum Gasteiger partial charge on any atom is 0.0797 e. The molecule has 4 nitrogen and oxygen atoms in total. The van der Waals surface area contributed by atoms with Crippen LogP contribution in [0.5, 0.6) is 0 Å². The molecule has 0 aliphatic rings. The van der Waals surface area contributed by atoms with Crippen molar-refractivity contribution in [2.75, 3.05) is 6.54 Å². The third kappa shape index (κ3) is 3.11. The summed E-state index contributed by atoms with van der Waals surface area (Å²) in [7, 11) is 1.95. The molecular formula is C17H20N4. The van der Waals surface area contributed by atoms with Gasteiger partial charge in [0.05, 0.1) is 17.3 Å². The number of aromatic nitrogens is 3. The number of aryl methyl sites for hydroxylation is 1. The highest BCUT2D eigenvalue weighted by Crippen LogP contribution is 2.18. The number of rotatable bonds is 5. The van der Waals surface area contributed by atoms with Crippen molar-refractivity contribution >= 4 is 10.9 Å². The average Bonchev–Trinajstić information content (AvgIpc) is 2.93. The molecule has 3 aromatic rings. The second kappa shape index (κ2) is 6.06. The van der Waals surface area contributed by atoms with E-state index < -0.39 is 0 Å². The van der Waals surface area contributed by atoms with Crippen molar-refractivity contribution in [1.29, 1.82) is 0 Å². The van der Waals surface area contributed by atoms with Crippen LogP contribution in [0.3, 0.4) is 0 Å². The molecule has 21 heavy (non-hydrogen) atoms. The van der Waals surface area contributed by atoms with Crippen LogP contribution in [-0.4, -0.2) is 21.3 Å². The van der Waals surface area contributed by atoms with Crippen LogP contribution < -0.4 is 5.32 Å². The monoisotopic (exact) mass is 280 g/mol. The highest BCUT2D eigenvalue weighted by atomic mass is 15.3. The van der Waals surface area contributed by atoms with Gasteiger partial charge in [0.2, 0.25) is 0 Å². The molecule has 0 fully saturated rings. The molecule has 0 saturated carbocycles. The van der Waals surface area contributed by atoms with Crippen LogP contribution >= 0.6 is 0 Å². The molecule has 3 rings (SSSR count). The molecule has 0 amide bonds. The van der Waals surface area contributed by atoms with Gasteiger partial charge in [0.25, 0.3) is 0 Å². The molecule has 0 spiro atoms. The average molecular weight is 280 g/mol. The number of benzene rings is 1. The fraction of sp³-hybridized carbons (Fsp3) is 0.294. The van der Waals surface area contributed by atoms with Crippen molar-refractivity contribution in [1.82, 2.24) is 20.1 Å².